The third kappa shape index (κ3) is 49.4. The van der Waals surface area contributed by atoms with Gasteiger partial charge in [-0.15, -0.1) is 0 Å². The largest absolute Gasteiger partial charge is 0.460 e. The van der Waals surface area contributed by atoms with Crippen LogP contribution in [-0.4, -0.2) is 0 Å². The van der Waals surface area contributed by atoms with E-state index in [-0.39, 0.29) is 0 Å². The van der Waals surface area contributed by atoms with E-state index in [4.69, 9.17) is 32.5 Å². The van der Waals surface area contributed by atoms with Crippen molar-refractivity contribution in [2.45, 2.75) is 360 Å². The molecule has 148 heavy (non-hydrogen) atoms. The van der Waals surface area contributed by atoms with Crippen LogP contribution in [0.4, 0.5) is 0 Å². The van der Waals surface area contributed by atoms with Crippen LogP contribution >= 0.6 is 0 Å². The van der Waals surface area contributed by atoms with E-state index in [1.807, 2.05) is 324 Å². The zero-order valence-corrected chi connectivity index (χ0v) is 100. The molecule has 16 heterocycles. The number of hydrogen-bond donors (Lipinski definition) is 0. The van der Waals surface area contributed by atoms with Crippen LogP contribution in [0.2, 0.25) is 32.5 Å². The topological polar surface area (TPSA) is 325 Å². The van der Waals surface area contributed by atoms with Crippen LogP contribution < -0.4 is 114 Å². The second-order valence-electron chi connectivity index (χ2n) is 38.2. The van der Waals surface area contributed by atoms with Gasteiger partial charge in [-0.3, -0.25) is 0 Å². The standard InChI is InChI=1S/C10H15N.3C9H13N.2C8H12N2.4C8H11N.3C7H10N2.C7H9N.2C6H8N2/c1-6-7(2)9(4)11-10(5)8(6)3;1-6-5-10-9(4)8(3)7(6)2;2*1-6-5-7(2)10-9(4)8(6)3;1-5-6(2)10-8(4)7(3)9-5;1-5-6(2)9-8(4)10-7(5)3;1-6-4-9-5-7(2)8(6)3;2*1-6-4-8(3)9-5-7(6)2;1-6-4-5-9-8(3)7(6)2;1-5-6(2)8-4-9-7(5)3;1-5-4-8-6(2)7(3)9-5;1-5-4-8-7(3)9-6(5)2;1-6-3-4-8-5-7(6)2;1-5-3-7-4-8-6(5)2;1-5-6(2)8-4-3-7-5/h1-5H3;3*5H,1-4H3;2*1-4H3;4*4-5H,1-3H3;3*4H,1-3H3;3-5H,1-2H3;2*3-4H,1-2H3/p+23/i/hT23. The summed E-state index contributed by atoms with van der Waals surface area (Å²) in [5.41, 5.74) is 52.3. The first kappa shape index (κ1) is 96.1. The van der Waals surface area contributed by atoms with Gasteiger partial charge < -0.3 is 0 Å². The lowest BCUT2D eigenvalue weighted by atomic mass is 10.0. The molecule has 0 fully saturated rings. The third-order valence-electron chi connectivity index (χ3n) is 26.3. The summed E-state index contributed by atoms with van der Waals surface area (Å²) < 4.78 is 171. The van der Waals surface area contributed by atoms with Crippen molar-refractivity contribution >= 4 is 0 Å². The predicted octanol–water partition coefficient (Wildman–Crippen LogP) is 15.7. The van der Waals surface area contributed by atoms with Crippen LogP contribution in [0.1, 0.15) is 293 Å². The molecule has 0 saturated heterocycles. The van der Waals surface area contributed by atoms with Gasteiger partial charge >= 0.3 is 56.8 Å². The first-order valence-electron chi connectivity index (χ1n) is 60.6. The maximum atomic E-state index is 7.74. The Bertz CT molecular complexity index is 6870. The first-order chi connectivity index (χ1) is 78.5. The lowest BCUT2D eigenvalue weighted by Gasteiger charge is -2.03. The molecule has 0 aromatic carbocycles. The van der Waals surface area contributed by atoms with Gasteiger partial charge in [0.05, 0.1) is 36.1 Å². The summed E-state index contributed by atoms with van der Waals surface area (Å²) in [5, 5.41) is 0. The SMILES string of the molecule is [3H][n+]1c(C)c(C)[n+]([3H])c(C)c1C.[3H][n+]1c(C)c(C)c(C)[n+]([3H])c1C.[3H][n+]1c(C)c(C)c(C)c(C)c1C.[3H][n+]1c(C)cc(C)c(C)c1C.[3H][n+]1c(C)cc(C)c(C)c1C.[3H][n+]1c[n+]([3H])c(C)c(C)c1C.[3H][n+]1cc(C)[n+]([3H])c(C)c1C.[3H][n+]1cc(C)c(C)[n+]([3H])c1.[3H][n+]1cc(C)c(C)[n+]([3H])c1C.[3H][n+]1cc(C)c(C)c(C)c1.[3H][n+]1cc(C)c(C)c(C)c1C.[3H][n+]1cc(C)c(C)cc1C.[3H][n+]1cc(C)c(C)cc1C.[3H][n+]1cc[n+]([3H])c(C)c1C.[3H][n+]1ccc(C)c(C)c1.[3H][n+]1ccc(C)c(C)c1C. The number of aromatic nitrogens is 23. The van der Waals surface area contributed by atoms with Crippen LogP contribution in [0, 0.1) is 360 Å². The summed E-state index contributed by atoms with van der Waals surface area (Å²) in [6, 6.07) is 12.0. The molecule has 0 unspecified atom stereocenters. The predicted molar refractivity (Wildman–Crippen MR) is 590 cm³/mol. The summed E-state index contributed by atoms with van der Waals surface area (Å²) in [5.74, 6) is 1.23. The molecular weight excluding hydrogens is 1820 g/mol. The van der Waals surface area contributed by atoms with Gasteiger partial charge in [0.25, 0.3) is 0 Å². The Morgan fingerprint density at radius 3 is 0.872 bits per heavy atom. The number of nitrogens with one attached hydrogen (secondary N) is 23. The lowest BCUT2D eigenvalue weighted by Crippen LogP contribution is -2.28. The number of rotatable bonds is 0. The van der Waals surface area contributed by atoms with Gasteiger partial charge in [-0.2, -0.15) is 39.8 Å². The second kappa shape index (κ2) is 66.9. The quantitative estimate of drug-likeness (QED) is 0.137. The molecule has 0 radical (unpaired) electrons. The maximum Gasteiger partial charge on any atom is 0.460 e. The summed E-state index contributed by atoms with van der Waals surface area (Å²) in [6.07, 6.45) is 25.3. The van der Waals surface area contributed by atoms with Crippen LogP contribution in [0.3, 0.4) is 0 Å². The van der Waals surface area contributed by atoms with Crippen molar-refractivity contribution in [3.8, 4) is 0 Å². The monoisotopic (exact) mass is 2070 g/mol. The third-order valence-corrected chi connectivity index (χ3v) is 26.3. The maximum absolute atomic E-state index is 7.74. The highest BCUT2D eigenvalue weighted by molar-refractivity contribution is 5.34. The van der Waals surface area contributed by atoms with Gasteiger partial charge in [-0.1, -0.05) is 0 Å². The highest BCUT2D eigenvalue weighted by Gasteiger charge is 2.18. The first-order valence-corrected chi connectivity index (χ1v) is 50.4. The minimum atomic E-state index is 0.605. The summed E-state index contributed by atoms with van der Waals surface area (Å²) in [4.78, 5) is 30.3. The molecule has 0 atom stereocenters. The Morgan fingerprint density at radius 1 is 0.135 bits per heavy atom. The van der Waals surface area contributed by atoms with E-state index in [1.54, 1.807) is 51.0 Å². The molecule has 23 heteroatoms. The van der Waals surface area contributed by atoms with Gasteiger partial charge in [0.2, 0.25) is 69.8 Å². The molecule has 16 rings (SSSR count). The summed E-state index contributed by atoms with van der Waals surface area (Å²) >= 11 is 0. The van der Waals surface area contributed by atoms with E-state index >= 15 is 0 Å². The van der Waals surface area contributed by atoms with E-state index in [0.29, 0.717) is 11.6 Å². The molecule has 0 spiro atoms. The Morgan fingerprint density at radius 2 is 0.439 bits per heavy atom. The molecule has 0 amide bonds. The summed E-state index contributed by atoms with van der Waals surface area (Å²) in [6.45, 7) is 102. The molecule has 0 aliphatic heterocycles. The van der Waals surface area contributed by atoms with E-state index in [0.717, 1.165) is 175 Å². The fourth-order valence-corrected chi connectivity index (χ4v) is 12.6. The zero-order valence-electron chi connectivity index (χ0n) is 123. The minimum absolute atomic E-state index is 0.605. The van der Waals surface area contributed by atoms with E-state index in [2.05, 4.69) is 90.0 Å². The van der Waals surface area contributed by atoms with E-state index < -0.39 is 0 Å². The molecule has 23 N–H and O–H groups in total. The van der Waals surface area contributed by atoms with E-state index in [1.165, 1.54) is 246 Å². The van der Waals surface area contributed by atoms with Crippen LogP contribution in [0.5, 0.6) is 0 Å². The highest BCUT2D eigenvalue weighted by atomic mass is 14.9. The Kier molecular flexibility index (Phi) is 43.4. The Hall–Kier alpha value is -14.1. The number of hydrogen-bond acceptors (Lipinski definition) is 0. The fourth-order valence-electron chi connectivity index (χ4n) is 12.6. The van der Waals surface area contributed by atoms with Gasteiger partial charge in [0, 0.05) is 276 Å². The molecule has 0 bridgehead atoms. The van der Waals surface area contributed by atoms with Crippen LogP contribution in [0.15, 0.2) is 130 Å². The van der Waals surface area contributed by atoms with Gasteiger partial charge in [-0.05, 0) is 223 Å². The number of H-pyrrole nitrogens is 23. The molecule has 0 saturated carbocycles. The average Bonchev–Trinajstić information content (AvgIpc) is 0.807. The van der Waals surface area contributed by atoms with Crippen molar-refractivity contribution in [1.82, 2.24) is 0 Å². The fraction of sp³-hybridized carbons (Fsp3) is 0.416. The van der Waals surface area contributed by atoms with E-state index in [9.17, 15) is 0 Å². The van der Waals surface area contributed by atoms with Crippen molar-refractivity contribution in [3.05, 3.63) is 423 Å². The normalized spacial score (nSPS) is 11.9. The van der Waals surface area contributed by atoms with Crippen LogP contribution in [0.25, 0.3) is 0 Å². The second-order valence-corrected chi connectivity index (χ2v) is 38.2. The van der Waals surface area contributed by atoms with Gasteiger partial charge in [0.15, 0.2) is 153 Å². The van der Waals surface area contributed by atoms with Crippen molar-refractivity contribution in [1.29, 1.82) is 0 Å². The number of aryl methyl sites for hydroxylation is 19. The van der Waals surface area contributed by atoms with Crippen LogP contribution in [-0.2, 0) is 0 Å². The molecule has 792 valence electrons. The Labute approximate surface area is 925 Å². The smallest absolute Gasteiger partial charge is 0.218 e. The molecule has 23 nitrogen and oxygen atoms in total. The number of pyridine rings is 9. The van der Waals surface area contributed by atoms with Crippen molar-refractivity contribution < 1.29 is 147 Å². The highest BCUT2D eigenvalue weighted by Crippen LogP contribution is 2.16. The van der Waals surface area contributed by atoms with Crippen molar-refractivity contribution in [3.63, 3.8) is 0 Å². The minimum Gasteiger partial charge on any atom is -0.218 e. The van der Waals surface area contributed by atoms with Gasteiger partial charge in [-0.25, -0.2) is 74.7 Å². The number of aromatic amines is 23. The summed E-state index contributed by atoms with van der Waals surface area (Å²) in [7, 11) is 0. The molecule has 0 aliphatic rings. The molecule has 16 aromatic rings. The Balaban J connectivity index is 0.000000912. The zero-order chi connectivity index (χ0) is 133. The molecule has 16 aromatic heterocycles. The molecule has 0 aliphatic carbocycles. The van der Waals surface area contributed by atoms with Crippen molar-refractivity contribution in [2.75, 3.05) is 0 Å². The average molecular weight is 2070 g/mol. The van der Waals surface area contributed by atoms with Crippen molar-refractivity contribution in [2.24, 2.45) is 0 Å². The van der Waals surface area contributed by atoms with Gasteiger partial charge in [0.1, 0.15) is 0 Å². The lowest BCUT2D eigenvalue weighted by molar-refractivity contribution is -0.554. The molecular formula is C125H200N23+23.